The van der Waals surface area contributed by atoms with Gasteiger partial charge in [-0.3, -0.25) is 4.90 Å². The molecule has 186 valence electrons. The number of nitrogens with one attached hydrogen (secondary N) is 1. The van der Waals surface area contributed by atoms with E-state index in [1.165, 1.54) is 4.90 Å². The molecule has 0 bridgehead atoms. The summed E-state index contributed by atoms with van der Waals surface area (Å²) in [5.41, 5.74) is 3.87. The minimum absolute atomic E-state index is 0.0634. The number of carboxylic acids is 1. The van der Waals surface area contributed by atoms with Gasteiger partial charge in [0.05, 0.1) is 0 Å². The zero-order valence-corrected chi connectivity index (χ0v) is 20.3. The number of amides is 2. The standard InChI is InChI=1S/C27H32N2O6/c1-27(2,3)35-25(32)28-13-12-17-14-23(24(30)31)29(15-17)26(33)34-16-22-20-10-6-4-8-18(20)19-9-5-7-11-21(19)22/h4-11,17,22-23H,12-16H2,1-3H3,(H,28,32)(H,30,31)/t17-,23-/m0/s1. The van der Waals surface area contributed by atoms with E-state index in [-0.39, 0.29) is 25.0 Å². The van der Waals surface area contributed by atoms with Crippen molar-refractivity contribution in [3.8, 4) is 11.1 Å². The third-order valence-corrected chi connectivity index (χ3v) is 6.46. The first kappa shape index (κ1) is 24.6. The molecule has 0 spiro atoms. The van der Waals surface area contributed by atoms with Crippen molar-refractivity contribution >= 4 is 18.2 Å². The summed E-state index contributed by atoms with van der Waals surface area (Å²) in [7, 11) is 0. The summed E-state index contributed by atoms with van der Waals surface area (Å²) in [5, 5.41) is 12.4. The van der Waals surface area contributed by atoms with Crippen LogP contribution < -0.4 is 5.32 Å². The van der Waals surface area contributed by atoms with Gasteiger partial charge in [-0.15, -0.1) is 0 Å². The first-order chi connectivity index (χ1) is 16.6. The lowest BCUT2D eigenvalue weighted by molar-refractivity contribution is -0.141. The summed E-state index contributed by atoms with van der Waals surface area (Å²) in [5.74, 6) is -1.21. The Kier molecular flexibility index (Phi) is 7.00. The van der Waals surface area contributed by atoms with Crippen LogP contribution in [0, 0.1) is 5.92 Å². The number of hydrogen-bond acceptors (Lipinski definition) is 5. The van der Waals surface area contributed by atoms with Gasteiger partial charge in [-0.2, -0.15) is 0 Å². The quantitative estimate of drug-likeness (QED) is 0.625. The molecule has 8 heteroatoms. The van der Waals surface area contributed by atoms with Gasteiger partial charge in [-0.05, 0) is 61.8 Å². The number of likely N-dealkylation sites (tertiary alicyclic amines) is 1. The highest BCUT2D eigenvalue weighted by Crippen LogP contribution is 2.44. The Balaban J connectivity index is 1.35. The number of carbonyl (C=O) groups excluding carboxylic acids is 2. The van der Waals surface area contributed by atoms with Crippen molar-refractivity contribution in [2.24, 2.45) is 5.92 Å². The van der Waals surface area contributed by atoms with Crippen LogP contribution in [0.15, 0.2) is 48.5 Å². The summed E-state index contributed by atoms with van der Waals surface area (Å²) >= 11 is 0. The van der Waals surface area contributed by atoms with Gasteiger partial charge in [0.2, 0.25) is 0 Å². The summed E-state index contributed by atoms with van der Waals surface area (Å²) in [6.45, 7) is 6.10. The van der Waals surface area contributed by atoms with Gasteiger partial charge < -0.3 is 19.9 Å². The lowest BCUT2D eigenvalue weighted by Crippen LogP contribution is -2.41. The normalized spacial score (nSPS) is 19.1. The molecule has 2 N–H and O–H groups in total. The van der Waals surface area contributed by atoms with Crippen LogP contribution in [0.4, 0.5) is 9.59 Å². The van der Waals surface area contributed by atoms with E-state index in [9.17, 15) is 19.5 Å². The Morgan fingerprint density at radius 3 is 2.20 bits per heavy atom. The number of benzene rings is 2. The monoisotopic (exact) mass is 480 g/mol. The molecular weight excluding hydrogens is 448 g/mol. The van der Waals surface area contributed by atoms with E-state index in [1.54, 1.807) is 20.8 Å². The van der Waals surface area contributed by atoms with Crippen molar-refractivity contribution in [1.82, 2.24) is 10.2 Å². The third kappa shape index (κ3) is 5.58. The molecule has 2 atom stereocenters. The smallest absolute Gasteiger partial charge is 0.410 e. The molecule has 2 aliphatic rings. The van der Waals surface area contributed by atoms with E-state index < -0.39 is 29.8 Å². The van der Waals surface area contributed by atoms with E-state index in [4.69, 9.17) is 9.47 Å². The second kappa shape index (κ2) is 9.98. The largest absolute Gasteiger partial charge is 0.480 e. The minimum atomic E-state index is -1.05. The second-order valence-corrected chi connectivity index (χ2v) is 10.1. The van der Waals surface area contributed by atoms with Crippen LogP contribution in [0.3, 0.4) is 0 Å². The Morgan fingerprint density at radius 1 is 1.03 bits per heavy atom. The van der Waals surface area contributed by atoms with Crippen LogP contribution in [0.1, 0.15) is 50.7 Å². The molecule has 1 aliphatic carbocycles. The number of fused-ring (bicyclic) bond motifs is 3. The van der Waals surface area contributed by atoms with Crippen LogP contribution >= 0.6 is 0 Å². The molecule has 1 aliphatic heterocycles. The Morgan fingerprint density at radius 2 is 1.63 bits per heavy atom. The lowest BCUT2D eigenvalue weighted by atomic mass is 9.98. The lowest BCUT2D eigenvalue weighted by Gasteiger charge is -2.22. The molecule has 4 rings (SSSR count). The van der Waals surface area contributed by atoms with Gasteiger partial charge in [0, 0.05) is 19.0 Å². The van der Waals surface area contributed by atoms with Gasteiger partial charge in [-0.1, -0.05) is 48.5 Å². The van der Waals surface area contributed by atoms with Crippen LogP contribution in [0.5, 0.6) is 0 Å². The third-order valence-electron chi connectivity index (χ3n) is 6.46. The molecule has 2 aromatic rings. The number of alkyl carbamates (subject to hydrolysis) is 1. The number of hydrogen-bond donors (Lipinski definition) is 2. The highest BCUT2D eigenvalue weighted by Gasteiger charge is 2.41. The van der Waals surface area contributed by atoms with Crippen molar-refractivity contribution in [3.63, 3.8) is 0 Å². The number of carboxylic acid groups (broad SMARTS) is 1. The SMILES string of the molecule is CC(C)(C)OC(=O)NCC[C@H]1C[C@@H](C(=O)O)N(C(=O)OCC2c3ccccc3-c3ccccc32)C1. The van der Waals surface area contributed by atoms with Crippen molar-refractivity contribution < 1.29 is 29.0 Å². The van der Waals surface area contributed by atoms with Crippen molar-refractivity contribution in [2.75, 3.05) is 19.7 Å². The fraction of sp³-hybridized carbons (Fsp3) is 0.444. The molecule has 8 nitrogen and oxygen atoms in total. The van der Waals surface area contributed by atoms with Crippen LogP contribution in [-0.4, -0.2) is 59.5 Å². The molecule has 2 aromatic carbocycles. The van der Waals surface area contributed by atoms with Gasteiger partial charge >= 0.3 is 18.2 Å². The van der Waals surface area contributed by atoms with Gasteiger partial charge in [0.15, 0.2) is 0 Å². The maximum absolute atomic E-state index is 13.0. The maximum atomic E-state index is 13.0. The van der Waals surface area contributed by atoms with E-state index in [2.05, 4.69) is 17.4 Å². The molecule has 0 aromatic heterocycles. The molecule has 0 unspecified atom stereocenters. The number of aliphatic carboxylic acids is 1. The number of ether oxygens (including phenoxy) is 2. The van der Waals surface area contributed by atoms with E-state index in [0.717, 1.165) is 22.3 Å². The summed E-state index contributed by atoms with van der Waals surface area (Å²) in [6.07, 6.45) is -0.286. The van der Waals surface area contributed by atoms with Crippen LogP contribution in [-0.2, 0) is 14.3 Å². The number of rotatable bonds is 6. The second-order valence-electron chi connectivity index (χ2n) is 10.1. The summed E-state index contributed by atoms with van der Waals surface area (Å²) in [4.78, 5) is 38.0. The molecule has 0 saturated carbocycles. The molecule has 2 amide bonds. The first-order valence-corrected chi connectivity index (χ1v) is 12.0. The van der Waals surface area contributed by atoms with Gasteiger partial charge in [0.1, 0.15) is 18.2 Å². The number of carbonyl (C=O) groups is 3. The van der Waals surface area contributed by atoms with Gasteiger partial charge in [-0.25, -0.2) is 14.4 Å². The molecule has 1 heterocycles. The maximum Gasteiger partial charge on any atom is 0.410 e. The van der Waals surface area contributed by atoms with Crippen molar-refractivity contribution in [3.05, 3.63) is 59.7 Å². The van der Waals surface area contributed by atoms with E-state index in [0.29, 0.717) is 19.4 Å². The summed E-state index contributed by atoms with van der Waals surface area (Å²) in [6, 6.07) is 15.2. The predicted molar refractivity (Wildman–Crippen MR) is 130 cm³/mol. The predicted octanol–water partition coefficient (Wildman–Crippen LogP) is 4.63. The zero-order chi connectivity index (χ0) is 25.2. The fourth-order valence-corrected chi connectivity index (χ4v) is 4.94. The number of nitrogens with zero attached hydrogens (tertiary/aromatic N) is 1. The molecular formula is C27H32N2O6. The first-order valence-electron chi connectivity index (χ1n) is 12.0. The van der Waals surface area contributed by atoms with Crippen LogP contribution in [0.25, 0.3) is 11.1 Å². The van der Waals surface area contributed by atoms with Crippen molar-refractivity contribution in [1.29, 1.82) is 0 Å². The van der Waals surface area contributed by atoms with E-state index >= 15 is 0 Å². The highest BCUT2D eigenvalue weighted by molar-refractivity contribution is 5.81. The summed E-state index contributed by atoms with van der Waals surface area (Å²) < 4.78 is 10.9. The molecule has 1 fully saturated rings. The topological polar surface area (TPSA) is 105 Å². The highest BCUT2D eigenvalue weighted by atomic mass is 16.6. The Hall–Kier alpha value is -3.55. The zero-order valence-electron chi connectivity index (χ0n) is 20.3. The van der Waals surface area contributed by atoms with E-state index in [1.807, 2.05) is 36.4 Å². The molecule has 0 radical (unpaired) electrons. The average molecular weight is 481 g/mol. The fourth-order valence-electron chi connectivity index (χ4n) is 4.94. The molecule has 1 saturated heterocycles. The Labute approximate surface area is 205 Å². The minimum Gasteiger partial charge on any atom is -0.480 e. The van der Waals surface area contributed by atoms with Gasteiger partial charge in [0.25, 0.3) is 0 Å². The van der Waals surface area contributed by atoms with Crippen LogP contribution in [0.2, 0.25) is 0 Å². The van der Waals surface area contributed by atoms with Crippen molar-refractivity contribution in [2.45, 2.75) is 51.2 Å². The Bertz CT molecular complexity index is 1060. The average Bonchev–Trinajstić information content (AvgIpc) is 3.36. The molecule has 35 heavy (non-hydrogen) atoms.